The van der Waals surface area contributed by atoms with E-state index in [0.717, 1.165) is 35.1 Å². The maximum Gasteiger partial charge on any atom is 0.234 e. The molecule has 3 heterocycles. The summed E-state index contributed by atoms with van der Waals surface area (Å²) in [5.41, 5.74) is 4.54. The highest BCUT2D eigenvalue weighted by molar-refractivity contribution is 6.33. The molecule has 0 aliphatic rings. The number of rotatable bonds is 15. The van der Waals surface area contributed by atoms with Gasteiger partial charge in [-0.1, -0.05) is 67.4 Å². The molecule has 0 bridgehead atoms. The van der Waals surface area contributed by atoms with Gasteiger partial charge in [-0.15, -0.1) is 5.10 Å². The third-order valence-corrected chi connectivity index (χ3v) is 8.36. The minimum atomic E-state index is -0.757. The van der Waals surface area contributed by atoms with Gasteiger partial charge in [0.1, 0.15) is 17.3 Å². The standard InChI is InChI=1S/C35H40ClN7O5/c1-7-9-15-29-38-33(36)31(32(45)30-28(44)19-26(21(3)37-30)35(46-5)47-6)42(29)20-23-16-17-25(24-13-11-10-12-14-24)27(18-23)34-39-40-41-43(34)22(4)48-8-2/h10-14,16-19,22,35,44H,7-9,15,20H2,1-6H3. The molecule has 0 fully saturated rings. The van der Waals surface area contributed by atoms with Crippen molar-refractivity contribution in [1.82, 2.24) is 34.7 Å². The van der Waals surface area contributed by atoms with Crippen molar-refractivity contribution in [2.75, 3.05) is 20.8 Å². The predicted octanol–water partition coefficient (Wildman–Crippen LogP) is 6.73. The van der Waals surface area contributed by atoms with Gasteiger partial charge in [0.05, 0.1) is 0 Å². The number of ketones is 1. The van der Waals surface area contributed by atoms with E-state index in [1.54, 1.807) is 11.6 Å². The number of aromatic hydroxyl groups is 1. The molecule has 1 N–H and O–H groups in total. The summed E-state index contributed by atoms with van der Waals surface area (Å²) < 4.78 is 20.0. The van der Waals surface area contributed by atoms with Crippen molar-refractivity contribution in [1.29, 1.82) is 0 Å². The van der Waals surface area contributed by atoms with Crippen LogP contribution in [0, 0.1) is 6.92 Å². The van der Waals surface area contributed by atoms with Crippen LogP contribution >= 0.6 is 11.6 Å². The second kappa shape index (κ2) is 15.6. The molecule has 3 aromatic heterocycles. The molecule has 1 unspecified atom stereocenters. The number of aryl methyl sites for hydroxylation is 2. The normalized spacial score (nSPS) is 12.2. The summed E-state index contributed by atoms with van der Waals surface area (Å²) in [6, 6.07) is 17.5. The minimum Gasteiger partial charge on any atom is -0.506 e. The van der Waals surface area contributed by atoms with Gasteiger partial charge in [0.15, 0.2) is 29.2 Å². The quantitative estimate of drug-likeness (QED) is 0.0939. The summed E-state index contributed by atoms with van der Waals surface area (Å²) in [4.78, 5) is 23.2. The molecule has 0 spiro atoms. The van der Waals surface area contributed by atoms with Crippen molar-refractivity contribution >= 4 is 17.4 Å². The molecule has 5 aromatic rings. The zero-order chi connectivity index (χ0) is 34.4. The molecule has 0 aliphatic heterocycles. The Morgan fingerprint density at radius 2 is 1.77 bits per heavy atom. The summed E-state index contributed by atoms with van der Waals surface area (Å²) in [7, 11) is 2.97. The first-order valence-electron chi connectivity index (χ1n) is 15.9. The van der Waals surface area contributed by atoms with Gasteiger partial charge >= 0.3 is 0 Å². The highest BCUT2D eigenvalue weighted by atomic mass is 35.5. The number of imidazole rings is 1. The number of methoxy groups -OCH3 is 2. The Kier molecular flexibility index (Phi) is 11.3. The SMILES string of the molecule is CCCCc1nc(Cl)c(C(=O)c2nc(C)c(C(OC)OC)cc2O)n1Cc1ccc(-c2ccccc2)c(-c2nnnn2C(C)OCC)c1. The lowest BCUT2D eigenvalue weighted by Gasteiger charge is -2.18. The van der Waals surface area contributed by atoms with Crippen LogP contribution in [0.1, 0.15) is 85.0 Å². The van der Waals surface area contributed by atoms with E-state index in [9.17, 15) is 9.90 Å². The van der Waals surface area contributed by atoms with Crippen LogP contribution in [-0.4, -0.2) is 66.5 Å². The minimum absolute atomic E-state index is 0.0382. The lowest BCUT2D eigenvalue weighted by atomic mass is 9.96. The molecule has 1 atom stereocenters. The molecular formula is C35H40ClN7O5. The van der Waals surface area contributed by atoms with Gasteiger partial charge in [0, 0.05) is 50.6 Å². The number of carbonyl (C=O) groups is 1. The lowest BCUT2D eigenvalue weighted by molar-refractivity contribution is -0.106. The number of halogens is 1. The van der Waals surface area contributed by atoms with Gasteiger partial charge in [-0.25, -0.2) is 9.97 Å². The van der Waals surface area contributed by atoms with Crippen LogP contribution < -0.4 is 0 Å². The predicted molar refractivity (Wildman–Crippen MR) is 181 cm³/mol. The lowest BCUT2D eigenvalue weighted by Crippen LogP contribution is -2.17. The van der Waals surface area contributed by atoms with E-state index < -0.39 is 18.3 Å². The molecule has 2 aromatic carbocycles. The van der Waals surface area contributed by atoms with Crippen LogP contribution in [0.2, 0.25) is 5.15 Å². The summed E-state index contributed by atoms with van der Waals surface area (Å²) in [5.74, 6) is 0.325. The highest BCUT2D eigenvalue weighted by Gasteiger charge is 2.28. The van der Waals surface area contributed by atoms with Crippen LogP contribution in [0.15, 0.2) is 54.6 Å². The van der Waals surface area contributed by atoms with E-state index in [4.69, 9.17) is 25.8 Å². The topological polar surface area (TPSA) is 139 Å². The maximum absolute atomic E-state index is 14.2. The molecular weight excluding hydrogens is 634 g/mol. The van der Waals surface area contributed by atoms with Gasteiger partial charge in [-0.05, 0) is 66.4 Å². The smallest absolute Gasteiger partial charge is 0.234 e. The molecule has 12 nitrogen and oxygen atoms in total. The van der Waals surface area contributed by atoms with E-state index in [-0.39, 0.29) is 28.8 Å². The van der Waals surface area contributed by atoms with Gasteiger partial charge in [-0.3, -0.25) is 4.79 Å². The Morgan fingerprint density at radius 1 is 1.02 bits per heavy atom. The van der Waals surface area contributed by atoms with Crippen LogP contribution in [0.25, 0.3) is 22.5 Å². The van der Waals surface area contributed by atoms with Crippen molar-refractivity contribution in [3.05, 3.63) is 93.8 Å². The van der Waals surface area contributed by atoms with E-state index >= 15 is 0 Å². The van der Waals surface area contributed by atoms with Crippen molar-refractivity contribution in [2.24, 2.45) is 0 Å². The number of nitrogens with zero attached hydrogens (tertiary/aromatic N) is 7. The summed E-state index contributed by atoms with van der Waals surface area (Å²) in [6.07, 6.45) is 1.21. The first-order valence-corrected chi connectivity index (χ1v) is 16.2. The Morgan fingerprint density at radius 3 is 2.46 bits per heavy atom. The van der Waals surface area contributed by atoms with Gasteiger partial charge in [0.25, 0.3) is 0 Å². The largest absolute Gasteiger partial charge is 0.506 e. The Labute approximate surface area is 284 Å². The first kappa shape index (κ1) is 34.8. The van der Waals surface area contributed by atoms with Crippen molar-refractivity contribution in [3.8, 4) is 28.3 Å². The number of pyridine rings is 1. The first-order chi connectivity index (χ1) is 23.2. The Balaban J connectivity index is 1.62. The molecule has 0 saturated heterocycles. The summed E-state index contributed by atoms with van der Waals surface area (Å²) in [6.45, 7) is 8.38. The van der Waals surface area contributed by atoms with E-state index in [2.05, 4.69) is 32.4 Å². The number of unbranched alkanes of at least 4 members (excludes halogenated alkanes) is 1. The van der Waals surface area contributed by atoms with Gasteiger partial charge in [0.2, 0.25) is 5.78 Å². The fourth-order valence-electron chi connectivity index (χ4n) is 5.71. The molecule has 252 valence electrons. The summed E-state index contributed by atoms with van der Waals surface area (Å²) >= 11 is 6.72. The second-order valence-electron chi connectivity index (χ2n) is 11.3. The van der Waals surface area contributed by atoms with Crippen LogP contribution in [0.3, 0.4) is 0 Å². The van der Waals surface area contributed by atoms with Crippen LogP contribution in [0.5, 0.6) is 5.75 Å². The third-order valence-electron chi connectivity index (χ3n) is 8.10. The van der Waals surface area contributed by atoms with Gasteiger partial charge in [-0.2, -0.15) is 4.68 Å². The van der Waals surface area contributed by atoms with E-state index in [0.29, 0.717) is 35.9 Å². The molecule has 0 saturated carbocycles. The molecule has 0 aliphatic carbocycles. The molecule has 0 amide bonds. The zero-order valence-corrected chi connectivity index (χ0v) is 28.7. The number of tetrazole rings is 1. The molecule has 48 heavy (non-hydrogen) atoms. The van der Waals surface area contributed by atoms with Crippen LogP contribution in [-0.2, 0) is 27.2 Å². The monoisotopic (exact) mass is 673 g/mol. The highest BCUT2D eigenvalue weighted by Crippen LogP contribution is 2.34. The number of benzene rings is 2. The summed E-state index contributed by atoms with van der Waals surface area (Å²) in [5, 5.41) is 23.6. The Bertz CT molecular complexity index is 1870. The average molecular weight is 674 g/mol. The Hall–Kier alpha value is -4.49. The molecule has 13 heteroatoms. The fraction of sp³-hybridized carbons (Fsp3) is 0.371. The van der Waals surface area contributed by atoms with Crippen LogP contribution in [0.4, 0.5) is 0 Å². The van der Waals surface area contributed by atoms with Crippen molar-refractivity contribution in [3.63, 3.8) is 0 Å². The zero-order valence-electron chi connectivity index (χ0n) is 28.0. The van der Waals surface area contributed by atoms with Crippen molar-refractivity contribution < 1.29 is 24.1 Å². The van der Waals surface area contributed by atoms with E-state index in [1.807, 2.05) is 66.9 Å². The van der Waals surface area contributed by atoms with Gasteiger partial charge < -0.3 is 23.9 Å². The van der Waals surface area contributed by atoms with Crippen molar-refractivity contribution in [2.45, 2.75) is 66.0 Å². The number of aromatic nitrogens is 7. The number of ether oxygens (including phenoxy) is 3. The third kappa shape index (κ3) is 7.16. The average Bonchev–Trinajstić information content (AvgIpc) is 3.70. The maximum atomic E-state index is 14.2. The fourth-order valence-corrected chi connectivity index (χ4v) is 6.00. The number of hydrogen-bond acceptors (Lipinski definition) is 10. The second-order valence-corrected chi connectivity index (χ2v) is 11.6. The van der Waals surface area contributed by atoms with E-state index in [1.165, 1.54) is 20.3 Å². The molecule has 0 radical (unpaired) electrons. The number of carbonyl (C=O) groups excluding carboxylic acids is 1. The number of hydrogen-bond donors (Lipinski definition) is 1. The molecule has 5 rings (SSSR count).